The van der Waals surface area contributed by atoms with Gasteiger partial charge in [-0.05, 0) is 36.8 Å². The Bertz CT molecular complexity index is 854. The minimum Gasteiger partial charge on any atom is -0.497 e. The van der Waals surface area contributed by atoms with E-state index in [2.05, 4.69) is 5.32 Å². The van der Waals surface area contributed by atoms with Crippen LogP contribution in [0.25, 0.3) is 0 Å². The number of nitrogens with one attached hydrogen (secondary N) is 1. The van der Waals surface area contributed by atoms with Gasteiger partial charge in [-0.15, -0.1) is 0 Å². The second-order valence-corrected chi connectivity index (χ2v) is 6.39. The van der Waals surface area contributed by atoms with Crippen molar-refractivity contribution in [2.45, 2.75) is 12.5 Å². The van der Waals surface area contributed by atoms with E-state index in [0.29, 0.717) is 11.8 Å². The Labute approximate surface area is 149 Å². The van der Waals surface area contributed by atoms with Gasteiger partial charge in [0.15, 0.2) is 5.78 Å². The molecule has 2 amide bonds. The molecule has 1 atom stereocenters. The summed E-state index contributed by atoms with van der Waals surface area (Å²) in [5.74, 6) is -1.59. The first-order chi connectivity index (χ1) is 12.3. The lowest BCUT2D eigenvalue weighted by atomic mass is 9.93. The number of amides is 2. The summed E-state index contributed by atoms with van der Waals surface area (Å²) >= 11 is 0. The van der Waals surface area contributed by atoms with Crippen molar-refractivity contribution in [1.29, 1.82) is 0 Å². The zero-order valence-corrected chi connectivity index (χ0v) is 14.4. The Morgan fingerprint density at radius 3 is 2.54 bits per heavy atom. The maximum Gasteiger partial charge on any atom is 0.318 e. The molecule has 1 unspecified atom stereocenters. The molecular weight excluding hydrogens is 342 g/mol. The molecule has 2 aromatic rings. The largest absolute Gasteiger partial charge is 0.497 e. The van der Waals surface area contributed by atoms with Crippen molar-refractivity contribution < 1.29 is 23.1 Å². The summed E-state index contributed by atoms with van der Waals surface area (Å²) in [5.41, 5.74) is -0.0721. The van der Waals surface area contributed by atoms with Crippen LogP contribution in [0, 0.1) is 11.6 Å². The minimum absolute atomic E-state index is 0.239. The topological polar surface area (TPSA) is 58.6 Å². The highest BCUT2D eigenvalue weighted by Gasteiger charge is 2.40. The van der Waals surface area contributed by atoms with Crippen molar-refractivity contribution in [3.05, 3.63) is 65.2 Å². The summed E-state index contributed by atoms with van der Waals surface area (Å²) in [6, 6.07) is 9.58. The maximum absolute atomic E-state index is 13.8. The first-order valence-electron chi connectivity index (χ1n) is 8.02. The van der Waals surface area contributed by atoms with Crippen molar-refractivity contribution in [3.63, 3.8) is 0 Å². The van der Waals surface area contributed by atoms with E-state index in [-0.39, 0.29) is 18.7 Å². The SMILES string of the molecule is COc1ccc(C2(C)CN(CC(=O)c3ccc(F)cc3F)C(=O)N2)cc1. The molecule has 1 N–H and O–H groups in total. The fourth-order valence-electron chi connectivity index (χ4n) is 3.03. The molecular formula is C19H18F2N2O3. The van der Waals surface area contributed by atoms with Gasteiger partial charge >= 0.3 is 6.03 Å². The fraction of sp³-hybridized carbons (Fsp3) is 0.263. The van der Waals surface area contributed by atoms with E-state index in [1.165, 1.54) is 4.90 Å². The van der Waals surface area contributed by atoms with Gasteiger partial charge in [0.2, 0.25) is 0 Å². The van der Waals surface area contributed by atoms with Crippen LogP contribution in [0.2, 0.25) is 0 Å². The molecule has 0 radical (unpaired) electrons. The van der Waals surface area contributed by atoms with Gasteiger partial charge in [0, 0.05) is 12.6 Å². The van der Waals surface area contributed by atoms with Gasteiger partial charge in [-0.1, -0.05) is 12.1 Å². The Balaban J connectivity index is 1.75. The summed E-state index contributed by atoms with van der Waals surface area (Å²) < 4.78 is 31.9. The smallest absolute Gasteiger partial charge is 0.318 e. The second kappa shape index (κ2) is 6.74. The molecule has 26 heavy (non-hydrogen) atoms. The van der Waals surface area contributed by atoms with Gasteiger partial charge in [-0.3, -0.25) is 4.79 Å². The molecule has 1 saturated heterocycles. The van der Waals surface area contributed by atoms with Crippen LogP contribution in [0.4, 0.5) is 13.6 Å². The number of hydrogen-bond donors (Lipinski definition) is 1. The number of rotatable bonds is 5. The molecule has 0 spiro atoms. The molecule has 7 heteroatoms. The minimum atomic E-state index is -0.937. The lowest BCUT2D eigenvalue weighted by Gasteiger charge is -2.24. The molecule has 0 bridgehead atoms. The van der Waals surface area contributed by atoms with E-state index < -0.39 is 29.0 Å². The first kappa shape index (κ1) is 17.8. The van der Waals surface area contributed by atoms with Gasteiger partial charge in [0.25, 0.3) is 0 Å². The first-order valence-corrected chi connectivity index (χ1v) is 8.02. The van der Waals surface area contributed by atoms with Crippen molar-refractivity contribution in [3.8, 4) is 5.75 Å². The molecule has 1 heterocycles. The predicted molar refractivity (Wildman–Crippen MR) is 91.1 cm³/mol. The third-order valence-corrected chi connectivity index (χ3v) is 4.47. The third kappa shape index (κ3) is 3.37. The van der Waals surface area contributed by atoms with E-state index in [1.54, 1.807) is 19.2 Å². The van der Waals surface area contributed by atoms with Gasteiger partial charge in [-0.25, -0.2) is 13.6 Å². The lowest BCUT2D eigenvalue weighted by Crippen LogP contribution is -2.37. The summed E-state index contributed by atoms with van der Waals surface area (Å²) in [6.07, 6.45) is 0. The van der Waals surface area contributed by atoms with Crippen LogP contribution in [0.3, 0.4) is 0 Å². The number of halogens is 2. The van der Waals surface area contributed by atoms with Crippen LogP contribution in [0.5, 0.6) is 5.75 Å². The molecule has 0 saturated carbocycles. The number of benzene rings is 2. The molecule has 0 aromatic heterocycles. The van der Waals surface area contributed by atoms with E-state index >= 15 is 0 Å². The number of urea groups is 1. The average Bonchev–Trinajstić information content (AvgIpc) is 2.89. The van der Waals surface area contributed by atoms with Crippen molar-refractivity contribution >= 4 is 11.8 Å². The van der Waals surface area contributed by atoms with E-state index in [1.807, 2.05) is 19.1 Å². The number of nitrogens with zero attached hydrogens (tertiary/aromatic N) is 1. The highest BCUT2D eigenvalue weighted by molar-refractivity contribution is 5.99. The van der Waals surface area contributed by atoms with E-state index in [0.717, 1.165) is 17.7 Å². The quantitative estimate of drug-likeness (QED) is 0.834. The van der Waals surface area contributed by atoms with Gasteiger partial charge in [0.05, 0.1) is 24.8 Å². The van der Waals surface area contributed by atoms with Crippen molar-refractivity contribution in [2.24, 2.45) is 0 Å². The van der Waals surface area contributed by atoms with Gasteiger partial charge in [0.1, 0.15) is 17.4 Å². The predicted octanol–water partition coefficient (Wildman–Crippen LogP) is 3.10. The van der Waals surface area contributed by atoms with Gasteiger partial charge < -0.3 is 15.0 Å². The Morgan fingerprint density at radius 2 is 1.92 bits per heavy atom. The molecule has 3 rings (SSSR count). The number of methoxy groups -OCH3 is 1. The zero-order valence-electron chi connectivity index (χ0n) is 14.4. The molecule has 2 aromatic carbocycles. The fourth-order valence-corrected chi connectivity index (χ4v) is 3.03. The molecule has 5 nitrogen and oxygen atoms in total. The van der Waals surface area contributed by atoms with Gasteiger partial charge in [-0.2, -0.15) is 0 Å². The summed E-state index contributed by atoms with van der Waals surface area (Å²) in [4.78, 5) is 25.9. The molecule has 1 fully saturated rings. The molecule has 0 aliphatic carbocycles. The summed E-state index contributed by atoms with van der Waals surface area (Å²) in [5, 5.41) is 2.85. The number of carbonyl (C=O) groups excluding carboxylic acids is 2. The Morgan fingerprint density at radius 1 is 1.23 bits per heavy atom. The summed E-state index contributed by atoms with van der Waals surface area (Å²) in [7, 11) is 1.57. The van der Waals surface area contributed by atoms with Crippen LogP contribution in [-0.2, 0) is 5.54 Å². The number of ketones is 1. The lowest BCUT2D eigenvalue weighted by molar-refractivity contribution is 0.0947. The van der Waals surface area contributed by atoms with Crippen molar-refractivity contribution in [1.82, 2.24) is 10.2 Å². The molecule has 1 aliphatic rings. The number of carbonyl (C=O) groups is 2. The monoisotopic (exact) mass is 360 g/mol. The Hall–Kier alpha value is -2.96. The Kier molecular flexibility index (Phi) is 4.63. The number of ether oxygens (including phenoxy) is 1. The number of Topliss-reactive ketones (excluding diaryl/α,β-unsaturated/α-hetero) is 1. The van der Waals surface area contributed by atoms with Crippen LogP contribution < -0.4 is 10.1 Å². The van der Waals surface area contributed by atoms with E-state index in [9.17, 15) is 18.4 Å². The normalized spacial score (nSPS) is 19.4. The summed E-state index contributed by atoms with van der Waals surface area (Å²) in [6.45, 7) is 1.79. The third-order valence-electron chi connectivity index (χ3n) is 4.47. The maximum atomic E-state index is 13.8. The van der Waals surface area contributed by atoms with Crippen LogP contribution in [-0.4, -0.2) is 36.9 Å². The average molecular weight is 360 g/mol. The van der Waals surface area contributed by atoms with Crippen LogP contribution in [0.1, 0.15) is 22.8 Å². The van der Waals surface area contributed by atoms with Crippen LogP contribution in [0.15, 0.2) is 42.5 Å². The zero-order chi connectivity index (χ0) is 18.9. The molecule has 136 valence electrons. The van der Waals surface area contributed by atoms with Crippen LogP contribution >= 0.6 is 0 Å². The highest BCUT2D eigenvalue weighted by Crippen LogP contribution is 2.28. The second-order valence-electron chi connectivity index (χ2n) is 6.39. The van der Waals surface area contributed by atoms with Crippen molar-refractivity contribution in [2.75, 3.05) is 20.2 Å². The standard InChI is InChI=1S/C19H18F2N2O3/c1-19(12-3-6-14(26-2)7-4-12)11-23(18(25)22-19)10-17(24)15-8-5-13(20)9-16(15)21/h3-9H,10-11H2,1-2H3,(H,22,25). The number of hydrogen-bond acceptors (Lipinski definition) is 3. The van der Waals surface area contributed by atoms with E-state index in [4.69, 9.17) is 4.74 Å². The molecule has 1 aliphatic heterocycles. The highest BCUT2D eigenvalue weighted by atomic mass is 19.1.